The van der Waals surface area contributed by atoms with Crippen molar-refractivity contribution in [3.63, 3.8) is 0 Å². The van der Waals surface area contributed by atoms with Crippen LogP contribution in [-0.2, 0) is 0 Å². The van der Waals surface area contributed by atoms with Crippen LogP contribution in [-0.4, -0.2) is 23.1 Å². The average Bonchev–Trinajstić information content (AvgIpc) is 2.39. The standard InChI is InChI=1S/C12H12N4O2/c13-12-15-4-3-11(16-12)18-8-1-2-9-10(7-8)17-6-5-14-9/h1-4,7,14H,5-6H2,(H2,13,15,16). The monoisotopic (exact) mass is 244 g/mol. The number of ether oxygens (including phenoxy) is 2. The molecular weight excluding hydrogens is 232 g/mol. The van der Waals surface area contributed by atoms with Crippen molar-refractivity contribution in [3.05, 3.63) is 30.5 Å². The first-order valence-electron chi connectivity index (χ1n) is 5.58. The predicted octanol–water partition coefficient (Wildman–Crippen LogP) is 1.66. The smallest absolute Gasteiger partial charge is 0.224 e. The van der Waals surface area contributed by atoms with Gasteiger partial charge in [-0.1, -0.05) is 0 Å². The molecule has 1 aromatic carbocycles. The first-order chi connectivity index (χ1) is 8.81. The fourth-order valence-electron chi connectivity index (χ4n) is 1.71. The van der Waals surface area contributed by atoms with Gasteiger partial charge in [0.05, 0.1) is 5.69 Å². The lowest BCUT2D eigenvalue weighted by Gasteiger charge is -2.19. The van der Waals surface area contributed by atoms with Crippen LogP contribution < -0.4 is 20.5 Å². The van der Waals surface area contributed by atoms with Crippen LogP contribution in [0.25, 0.3) is 0 Å². The molecule has 6 heteroatoms. The summed E-state index contributed by atoms with van der Waals surface area (Å²) in [6, 6.07) is 7.22. The molecule has 0 saturated carbocycles. The molecule has 2 heterocycles. The second-order valence-corrected chi connectivity index (χ2v) is 3.79. The van der Waals surface area contributed by atoms with Crippen LogP contribution in [0.5, 0.6) is 17.4 Å². The molecule has 0 radical (unpaired) electrons. The Morgan fingerprint density at radius 2 is 2.28 bits per heavy atom. The van der Waals surface area contributed by atoms with Gasteiger partial charge in [-0.3, -0.25) is 0 Å². The molecular formula is C12H12N4O2. The molecule has 0 unspecified atom stereocenters. The molecule has 0 aliphatic carbocycles. The van der Waals surface area contributed by atoms with Crippen molar-refractivity contribution in [2.45, 2.75) is 0 Å². The van der Waals surface area contributed by atoms with E-state index in [9.17, 15) is 0 Å². The molecule has 0 amide bonds. The summed E-state index contributed by atoms with van der Waals surface area (Å²) in [7, 11) is 0. The molecule has 6 nitrogen and oxygen atoms in total. The Kier molecular flexibility index (Phi) is 2.60. The second-order valence-electron chi connectivity index (χ2n) is 3.79. The average molecular weight is 244 g/mol. The lowest BCUT2D eigenvalue weighted by atomic mass is 10.2. The third-order valence-corrected chi connectivity index (χ3v) is 2.50. The van der Waals surface area contributed by atoms with Crippen molar-refractivity contribution in [2.24, 2.45) is 0 Å². The summed E-state index contributed by atoms with van der Waals surface area (Å²) in [5.41, 5.74) is 6.45. The highest BCUT2D eigenvalue weighted by Gasteiger charge is 2.11. The Balaban J connectivity index is 1.85. The van der Waals surface area contributed by atoms with Gasteiger partial charge in [-0.25, -0.2) is 4.98 Å². The van der Waals surface area contributed by atoms with Gasteiger partial charge < -0.3 is 20.5 Å². The van der Waals surface area contributed by atoms with Crippen LogP contribution in [0.3, 0.4) is 0 Å². The van der Waals surface area contributed by atoms with E-state index in [-0.39, 0.29) is 5.95 Å². The van der Waals surface area contributed by atoms with Crippen molar-refractivity contribution < 1.29 is 9.47 Å². The number of benzene rings is 1. The van der Waals surface area contributed by atoms with Crippen LogP contribution in [0.4, 0.5) is 11.6 Å². The molecule has 3 rings (SSSR count). The SMILES string of the molecule is Nc1nccc(Oc2ccc3c(c2)OCCN3)n1. The van der Waals surface area contributed by atoms with Crippen molar-refractivity contribution in [1.82, 2.24) is 9.97 Å². The largest absolute Gasteiger partial charge is 0.489 e. The van der Waals surface area contributed by atoms with Gasteiger partial charge in [0.1, 0.15) is 18.1 Å². The van der Waals surface area contributed by atoms with Crippen LogP contribution in [0.1, 0.15) is 0 Å². The summed E-state index contributed by atoms with van der Waals surface area (Å²) < 4.78 is 11.1. The number of anilines is 2. The molecule has 0 spiro atoms. The van der Waals surface area contributed by atoms with Gasteiger partial charge in [-0.2, -0.15) is 4.98 Å². The Labute approximate surface area is 104 Å². The lowest BCUT2D eigenvalue weighted by molar-refractivity contribution is 0.321. The zero-order valence-electron chi connectivity index (χ0n) is 9.59. The van der Waals surface area contributed by atoms with Gasteiger partial charge in [-0.15, -0.1) is 0 Å². The predicted molar refractivity (Wildman–Crippen MR) is 66.9 cm³/mol. The van der Waals surface area contributed by atoms with E-state index in [1.165, 1.54) is 0 Å². The van der Waals surface area contributed by atoms with Crippen LogP contribution in [0.2, 0.25) is 0 Å². The number of fused-ring (bicyclic) bond motifs is 1. The number of hydrogen-bond acceptors (Lipinski definition) is 6. The maximum Gasteiger partial charge on any atom is 0.224 e. The Morgan fingerprint density at radius 1 is 1.33 bits per heavy atom. The Hall–Kier alpha value is -2.50. The zero-order chi connectivity index (χ0) is 12.4. The number of nitrogens with two attached hydrogens (primary N) is 1. The highest BCUT2D eigenvalue weighted by molar-refractivity contribution is 5.60. The van der Waals surface area contributed by atoms with E-state index in [4.69, 9.17) is 15.2 Å². The van der Waals surface area contributed by atoms with E-state index >= 15 is 0 Å². The number of nitrogens with one attached hydrogen (secondary N) is 1. The molecule has 18 heavy (non-hydrogen) atoms. The molecule has 0 fully saturated rings. The quantitative estimate of drug-likeness (QED) is 0.836. The first-order valence-corrected chi connectivity index (χ1v) is 5.58. The number of aromatic nitrogens is 2. The van der Waals surface area contributed by atoms with Gasteiger partial charge >= 0.3 is 0 Å². The van der Waals surface area contributed by atoms with Crippen molar-refractivity contribution >= 4 is 11.6 Å². The maximum atomic E-state index is 5.59. The third-order valence-electron chi connectivity index (χ3n) is 2.50. The van der Waals surface area contributed by atoms with E-state index in [1.54, 1.807) is 12.3 Å². The van der Waals surface area contributed by atoms with Crippen molar-refractivity contribution in [3.8, 4) is 17.4 Å². The van der Waals surface area contributed by atoms with E-state index in [0.717, 1.165) is 18.0 Å². The summed E-state index contributed by atoms with van der Waals surface area (Å²) in [4.78, 5) is 7.77. The van der Waals surface area contributed by atoms with Crippen LogP contribution in [0, 0.1) is 0 Å². The molecule has 0 saturated heterocycles. The molecule has 2 aromatic rings. The van der Waals surface area contributed by atoms with Crippen LogP contribution >= 0.6 is 0 Å². The van der Waals surface area contributed by atoms with Gasteiger partial charge in [0.15, 0.2) is 0 Å². The van der Waals surface area contributed by atoms with Crippen LogP contribution in [0.15, 0.2) is 30.5 Å². The Morgan fingerprint density at radius 3 is 3.17 bits per heavy atom. The number of nitrogens with zero attached hydrogens (tertiary/aromatic N) is 2. The molecule has 3 N–H and O–H groups in total. The zero-order valence-corrected chi connectivity index (χ0v) is 9.59. The normalized spacial score (nSPS) is 13.1. The summed E-state index contributed by atoms with van der Waals surface area (Å²) >= 11 is 0. The number of hydrogen-bond donors (Lipinski definition) is 2. The van der Waals surface area contributed by atoms with Gasteiger partial charge in [0.25, 0.3) is 0 Å². The maximum absolute atomic E-state index is 5.59. The second kappa shape index (κ2) is 4.40. The summed E-state index contributed by atoms with van der Waals surface area (Å²) in [6.07, 6.45) is 1.55. The molecule has 1 aliphatic rings. The molecule has 1 aromatic heterocycles. The minimum absolute atomic E-state index is 0.184. The molecule has 0 bridgehead atoms. The van der Waals surface area contributed by atoms with Gasteiger partial charge in [-0.05, 0) is 12.1 Å². The molecule has 0 atom stereocenters. The van der Waals surface area contributed by atoms with Gasteiger partial charge in [0.2, 0.25) is 11.8 Å². The topological polar surface area (TPSA) is 82.3 Å². The van der Waals surface area contributed by atoms with Crippen molar-refractivity contribution in [1.29, 1.82) is 0 Å². The van der Waals surface area contributed by atoms with E-state index in [1.807, 2.05) is 18.2 Å². The minimum atomic E-state index is 0.184. The summed E-state index contributed by atoms with van der Waals surface area (Å²) in [5, 5.41) is 3.24. The summed E-state index contributed by atoms with van der Waals surface area (Å²) in [6.45, 7) is 1.46. The lowest BCUT2D eigenvalue weighted by Crippen LogP contribution is -2.17. The molecule has 92 valence electrons. The third kappa shape index (κ3) is 2.13. The fraction of sp³-hybridized carbons (Fsp3) is 0.167. The summed E-state index contributed by atoms with van der Waals surface area (Å²) in [5.74, 6) is 2.02. The van der Waals surface area contributed by atoms with Gasteiger partial charge in [0, 0.05) is 24.9 Å². The molecule has 1 aliphatic heterocycles. The Bertz CT molecular complexity index is 574. The van der Waals surface area contributed by atoms with E-state index in [0.29, 0.717) is 18.2 Å². The number of rotatable bonds is 2. The van der Waals surface area contributed by atoms with Crippen molar-refractivity contribution in [2.75, 3.05) is 24.2 Å². The number of nitrogen functional groups attached to an aromatic ring is 1. The first kappa shape index (κ1) is 10.6. The fourth-order valence-corrected chi connectivity index (χ4v) is 1.71. The van der Waals surface area contributed by atoms with E-state index in [2.05, 4.69) is 15.3 Å². The van der Waals surface area contributed by atoms with E-state index < -0.39 is 0 Å². The minimum Gasteiger partial charge on any atom is -0.489 e. The highest BCUT2D eigenvalue weighted by Crippen LogP contribution is 2.32. The highest BCUT2D eigenvalue weighted by atomic mass is 16.5.